The van der Waals surface area contributed by atoms with E-state index in [1.807, 2.05) is 43.3 Å². The van der Waals surface area contributed by atoms with Gasteiger partial charge in [0.1, 0.15) is 29.9 Å². The molecule has 0 radical (unpaired) electrons. The zero-order valence-corrected chi connectivity index (χ0v) is 33.2. The van der Waals surface area contributed by atoms with Gasteiger partial charge in [-0.05, 0) is 56.2 Å². The Labute approximate surface area is 323 Å². The van der Waals surface area contributed by atoms with Crippen molar-refractivity contribution in [3.8, 4) is 0 Å². The summed E-state index contributed by atoms with van der Waals surface area (Å²) in [6, 6.07) is 14.9. The van der Waals surface area contributed by atoms with Crippen LogP contribution in [0.25, 0.3) is 0 Å². The van der Waals surface area contributed by atoms with Gasteiger partial charge in [0.15, 0.2) is 0 Å². The minimum Gasteiger partial charge on any atom is -0.346 e. The molecule has 1 saturated heterocycles. The number of rotatable bonds is 8. The van der Waals surface area contributed by atoms with Crippen molar-refractivity contribution in [2.24, 2.45) is 11.8 Å². The van der Waals surface area contributed by atoms with E-state index in [0.717, 1.165) is 11.3 Å². The van der Waals surface area contributed by atoms with Crippen LogP contribution in [0.5, 0.6) is 0 Å². The van der Waals surface area contributed by atoms with Crippen molar-refractivity contribution < 1.29 is 28.8 Å². The van der Waals surface area contributed by atoms with Crippen LogP contribution in [0.2, 0.25) is 0 Å². The molecule has 4 N–H and O–H groups in total. The van der Waals surface area contributed by atoms with Gasteiger partial charge in [0.25, 0.3) is 5.91 Å². The fourth-order valence-electron chi connectivity index (χ4n) is 6.47. The first-order valence-corrected chi connectivity index (χ1v) is 19.0. The Balaban J connectivity index is 1.82. The highest BCUT2D eigenvalue weighted by atomic mass is 16.2. The van der Waals surface area contributed by atoms with E-state index < -0.39 is 72.2 Å². The first-order valence-electron chi connectivity index (χ1n) is 19.0. The SMILES string of the molecule is CCn1nc(CC(C)C)cc1C(=O)N1CC(=O)N[C@@H](Cc2ccccc2)C(=O)N(C)[C@@H](C)C(=O)N[C@H](C(C)C)C(=O)N[C@@H](C)C(=O)N[C@H](c2ccccc2)C1. The quantitative estimate of drug-likeness (QED) is 0.273. The standard InChI is InChI=1S/C41H56N8O6/c1-9-49-34(22-31(46-49)20-25(2)3)41(55)48-23-33(30-18-14-11-15-19-30)44-37(51)27(6)42-39(53)36(26(4)5)45-38(52)28(7)47(8)40(54)32(43-35(50)24-48)21-29-16-12-10-13-17-29/h10-19,22,25-28,32-33,36H,9,20-21,23-24H2,1-8H3,(H,42,53)(H,43,50)(H,44,51)(H,45,52)/t27-,28-,32-,33-,36+/m0/s1. The van der Waals surface area contributed by atoms with Gasteiger partial charge in [-0.2, -0.15) is 5.10 Å². The zero-order chi connectivity index (χ0) is 40.4. The summed E-state index contributed by atoms with van der Waals surface area (Å²) in [5, 5.41) is 16.0. The highest BCUT2D eigenvalue weighted by molar-refractivity contribution is 5.98. The molecule has 5 atom stereocenters. The van der Waals surface area contributed by atoms with Gasteiger partial charge in [0, 0.05) is 26.6 Å². The smallest absolute Gasteiger partial charge is 0.272 e. The van der Waals surface area contributed by atoms with Gasteiger partial charge in [-0.1, -0.05) is 88.4 Å². The van der Waals surface area contributed by atoms with Crippen molar-refractivity contribution in [3.63, 3.8) is 0 Å². The Bertz CT molecular complexity index is 1810. The maximum absolute atomic E-state index is 14.6. The number of hydrogen-bond donors (Lipinski definition) is 4. The third-order valence-electron chi connectivity index (χ3n) is 9.73. The van der Waals surface area contributed by atoms with E-state index in [0.29, 0.717) is 18.5 Å². The molecule has 6 amide bonds. The molecule has 4 rings (SSSR count). The summed E-state index contributed by atoms with van der Waals surface area (Å²) in [4.78, 5) is 86.4. The largest absolute Gasteiger partial charge is 0.346 e. The van der Waals surface area contributed by atoms with Crippen LogP contribution in [0.3, 0.4) is 0 Å². The zero-order valence-electron chi connectivity index (χ0n) is 33.2. The number of aryl methyl sites for hydroxylation is 1. The average molecular weight is 757 g/mol. The van der Waals surface area contributed by atoms with Crippen molar-refractivity contribution in [2.75, 3.05) is 20.1 Å². The normalized spacial score (nSPS) is 22.4. The van der Waals surface area contributed by atoms with Crippen LogP contribution in [0.15, 0.2) is 66.7 Å². The van der Waals surface area contributed by atoms with Crippen molar-refractivity contribution in [1.29, 1.82) is 0 Å². The number of aromatic nitrogens is 2. The molecular weight excluding hydrogens is 701 g/mol. The van der Waals surface area contributed by atoms with Crippen molar-refractivity contribution in [2.45, 2.75) is 98.1 Å². The van der Waals surface area contributed by atoms with Gasteiger partial charge in [0.05, 0.1) is 18.3 Å². The molecule has 0 bridgehead atoms. The molecule has 0 aliphatic carbocycles. The predicted molar refractivity (Wildman–Crippen MR) is 208 cm³/mol. The third kappa shape index (κ3) is 11.2. The highest BCUT2D eigenvalue weighted by Gasteiger charge is 2.35. The molecule has 296 valence electrons. The molecule has 0 spiro atoms. The van der Waals surface area contributed by atoms with Crippen LogP contribution < -0.4 is 21.3 Å². The van der Waals surface area contributed by atoms with Crippen LogP contribution in [0.1, 0.15) is 81.8 Å². The molecule has 55 heavy (non-hydrogen) atoms. The molecule has 14 nitrogen and oxygen atoms in total. The second-order valence-electron chi connectivity index (χ2n) is 15.0. The van der Waals surface area contributed by atoms with E-state index in [1.165, 1.54) is 30.7 Å². The van der Waals surface area contributed by atoms with Crippen LogP contribution in [-0.4, -0.2) is 99.3 Å². The predicted octanol–water partition coefficient (Wildman–Crippen LogP) is 2.63. The molecule has 1 fully saturated rings. The second-order valence-corrected chi connectivity index (χ2v) is 15.0. The minimum atomic E-state index is -1.11. The minimum absolute atomic E-state index is 0.108. The Morgan fingerprint density at radius 3 is 2.07 bits per heavy atom. The van der Waals surface area contributed by atoms with E-state index in [4.69, 9.17) is 0 Å². The summed E-state index contributed by atoms with van der Waals surface area (Å²) < 4.78 is 1.60. The number of benzene rings is 2. The lowest BCUT2D eigenvalue weighted by Gasteiger charge is -2.33. The number of hydrogen-bond acceptors (Lipinski definition) is 7. The monoisotopic (exact) mass is 756 g/mol. The molecule has 0 saturated carbocycles. The lowest BCUT2D eigenvalue weighted by atomic mass is 10.0. The Morgan fingerprint density at radius 1 is 0.836 bits per heavy atom. The van der Waals surface area contributed by atoms with E-state index in [-0.39, 0.29) is 30.5 Å². The molecule has 1 aliphatic rings. The van der Waals surface area contributed by atoms with Crippen LogP contribution in [0.4, 0.5) is 0 Å². The molecular formula is C41H56N8O6. The van der Waals surface area contributed by atoms with Gasteiger partial charge >= 0.3 is 0 Å². The second kappa shape index (κ2) is 19.2. The van der Waals surface area contributed by atoms with E-state index in [2.05, 4.69) is 40.2 Å². The Morgan fingerprint density at radius 2 is 1.47 bits per heavy atom. The fourth-order valence-corrected chi connectivity index (χ4v) is 6.47. The first-order chi connectivity index (χ1) is 26.1. The molecule has 3 aromatic rings. The molecule has 0 unspecified atom stereocenters. The maximum atomic E-state index is 14.6. The lowest BCUT2D eigenvalue weighted by Crippen LogP contribution is -2.59. The Hall–Kier alpha value is -5.53. The summed E-state index contributed by atoms with van der Waals surface area (Å²) >= 11 is 0. The molecule has 2 heterocycles. The molecule has 1 aliphatic heterocycles. The topological polar surface area (TPSA) is 175 Å². The number of nitrogens with one attached hydrogen (secondary N) is 4. The number of amides is 6. The average Bonchev–Trinajstić information content (AvgIpc) is 3.56. The molecule has 1 aromatic heterocycles. The highest BCUT2D eigenvalue weighted by Crippen LogP contribution is 2.19. The molecule has 14 heteroatoms. The summed E-state index contributed by atoms with van der Waals surface area (Å²) in [6.07, 6.45) is 0.752. The van der Waals surface area contributed by atoms with Crippen LogP contribution in [-0.2, 0) is 43.4 Å². The van der Waals surface area contributed by atoms with Crippen LogP contribution in [0, 0.1) is 11.8 Å². The summed E-state index contributed by atoms with van der Waals surface area (Å²) in [5.41, 5.74) is 2.44. The van der Waals surface area contributed by atoms with E-state index >= 15 is 0 Å². The van der Waals surface area contributed by atoms with Gasteiger partial charge < -0.3 is 31.1 Å². The van der Waals surface area contributed by atoms with Crippen molar-refractivity contribution >= 4 is 35.4 Å². The number of carbonyl (C=O) groups excluding carboxylic acids is 6. The number of likely N-dealkylation sites (N-methyl/N-ethyl adjacent to an activating group) is 1. The van der Waals surface area contributed by atoms with Crippen molar-refractivity contribution in [1.82, 2.24) is 40.8 Å². The Kier molecular flexibility index (Phi) is 14.7. The van der Waals surface area contributed by atoms with E-state index in [1.54, 1.807) is 48.9 Å². The van der Waals surface area contributed by atoms with Crippen molar-refractivity contribution in [3.05, 3.63) is 89.2 Å². The van der Waals surface area contributed by atoms with E-state index in [9.17, 15) is 28.8 Å². The van der Waals surface area contributed by atoms with Gasteiger partial charge in [0.2, 0.25) is 29.5 Å². The number of nitrogens with zero attached hydrogens (tertiary/aromatic N) is 4. The van der Waals surface area contributed by atoms with Crippen LogP contribution >= 0.6 is 0 Å². The summed E-state index contributed by atoms with van der Waals surface area (Å²) in [7, 11) is 1.47. The fraction of sp³-hybridized carbons (Fsp3) is 0.488. The molecule has 2 aromatic carbocycles. The lowest BCUT2D eigenvalue weighted by molar-refractivity contribution is -0.142. The van der Waals surface area contributed by atoms with Gasteiger partial charge in [-0.25, -0.2) is 0 Å². The summed E-state index contributed by atoms with van der Waals surface area (Å²) in [6.45, 7) is 12.4. The third-order valence-corrected chi connectivity index (χ3v) is 9.73. The summed E-state index contributed by atoms with van der Waals surface area (Å²) in [5.74, 6) is -3.40. The van der Waals surface area contributed by atoms with Gasteiger partial charge in [-0.3, -0.25) is 33.4 Å². The first kappa shape index (κ1) is 42.2. The number of carbonyl (C=O) groups is 6. The van der Waals surface area contributed by atoms with Gasteiger partial charge in [-0.15, -0.1) is 0 Å². The maximum Gasteiger partial charge on any atom is 0.272 e.